The van der Waals surface area contributed by atoms with Gasteiger partial charge in [0.15, 0.2) is 11.6 Å². The van der Waals surface area contributed by atoms with Gasteiger partial charge in [0.05, 0.1) is 12.1 Å². The molecule has 3 N–H and O–H groups in total. The van der Waals surface area contributed by atoms with Gasteiger partial charge in [-0.05, 0) is 32.4 Å². The second-order valence-corrected chi connectivity index (χ2v) is 5.01. The molecule has 0 radical (unpaired) electrons. The summed E-state index contributed by atoms with van der Waals surface area (Å²) in [5, 5.41) is 2.70. The second kappa shape index (κ2) is 6.52. The number of nitrogens with one attached hydrogen (secondary N) is 1. The maximum atomic E-state index is 13.4. The van der Waals surface area contributed by atoms with Gasteiger partial charge in [0, 0.05) is 0 Å². The van der Waals surface area contributed by atoms with Crippen LogP contribution in [0.4, 0.5) is 4.39 Å². The molecule has 5 heteroatoms. The summed E-state index contributed by atoms with van der Waals surface area (Å²) in [5.74, 6) is -0.481. The van der Waals surface area contributed by atoms with Gasteiger partial charge in [0.1, 0.15) is 6.10 Å². The third-order valence-electron chi connectivity index (χ3n) is 2.66. The van der Waals surface area contributed by atoms with Crippen LogP contribution in [0.15, 0.2) is 24.3 Å². The van der Waals surface area contributed by atoms with E-state index in [1.54, 1.807) is 32.0 Å². The smallest absolute Gasteiger partial charge is 0.239 e. The zero-order chi connectivity index (χ0) is 14.5. The third-order valence-corrected chi connectivity index (χ3v) is 2.66. The van der Waals surface area contributed by atoms with Crippen LogP contribution in [0.3, 0.4) is 0 Å². The van der Waals surface area contributed by atoms with Crippen LogP contribution >= 0.6 is 0 Å². The number of nitrogens with two attached hydrogens (primary N) is 1. The van der Waals surface area contributed by atoms with Gasteiger partial charge >= 0.3 is 0 Å². The lowest BCUT2D eigenvalue weighted by Crippen LogP contribution is -2.51. The Balaban J connectivity index is 2.56. The van der Waals surface area contributed by atoms with E-state index in [4.69, 9.17) is 10.5 Å². The Morgan fingerprint density at radius 1 is 1.47 bits per heavy atom. The summed E-state index contributed by atoms with van der Waals surface area (Å²) >= 11 is 0. The molecule has 1 amide bonds. The molecule has 4 nitrogen and oxygen atoms in total. The fourth-order valence-corrected chi connectivity index (χ4v) is 1.42. The van der Waals surface area contributed by atoms with E-state index in [2.05, 4.69) is 5.32 Å². The van der Waals surface area contributed by atoms with E-state index in [-0.39, 0.29) is 17.8 Å². The lowest BCUT2D eigenvalue weighted by molar-refractivity contribution is -0.125. The summed E-state index contributed by atoms with van der Waals surface area (Å²) in [6.45, 7) is 5.46. The molecule has 19 heavy (non-hydrogen) atoms. The summed E-state index contributed by atoms with van der Waals surface area (Å²) in [4.78, 5) is 11.6. The van der Waals surface area contributed by atoms with Crippen LogP contribution in [0.5, 0.6) is 5.75 Å². The van der Waals surface area contributed by atoms with E-state index in [1.807, 2.05) is 6.92 Å². The van der Waals surface area contributed by atoms with Crippen molar-refractivity contribution < 1.29 is 13.9 Å². The molecule has 1 atom stereocenters. The highest BCUT2D eigenvalue weighted by Gasteiger charge is 2.22. The lowest BCUT2D eigenvalue weighted by Gasteiger charge is -2.22. The topological polar surface area (TPSA) is 64.4 Å². The van der Waals surface area contributed by atoms with Crippen molar-refractivity contribution in [3.8, 4) is 5.75 Å². The summed E-state index contributed by atoms with van der Waals surface area (Å²) in [6, 6.07) is 6.20. The number of halogens is 1. The van der Waals surface area contributed by atoms with Crippen molar-refractivity contribution in [2.45, 2.75) is 38.8 Å². The fraction of sp³-hybridized carbons (Fsp3) is 0.500. The zero-order valence-electron chi connectivity index (χ0n) is 11.6. The highest BCUT2D eigenvalue weighted by molar-refractivity contribution is 5.85. The lowest BCUT2D eigenvalue weighted by atomic mass is 10.1. The summed E-state index contributed by atoms with van der Waals surface area (Å²) in [6.07, 6.45) is 0.364. The van der Waals surface area contributed by atoms with Crippen LogP contribution in [-0.4, -0.2) is 24.1 Å². The van der Waals surface area contributed by atoms with Gasteiger partial charge < -0.3 is 15.8 Å². The number of benzene rings is 1. The minimum Gasteiger partial charge on any atom is -0.486 e. The van der Waals surface area contributed by atoms with Gasteiger partial charge in [-0.1, -0.05) is 19.1 Å². The minimum absolute atomic E-state index is 0.190. The predicted molar refractivity (Wildman–Crippen MR) is 72.4 cm³/mol. The maximum Gasteiger partial charge on any atom is 0.239 e. The van der Waals surface area contributed by atoms with Gasteiger partial charge in [-0.15, -0.1) is 0 Å². The monoisotopic (exact) mass is 268 g/mol. The molecule has 0 saturated heterocycles. The zero-order valence-corrected chi connectivity index (χ0v) is 11.6. The molecule has 1 unspecified atom stereocenters. The van der Waals surface area contributed by atoms with Crippen molar-refractivity contribution in [2.75, 3.05) is 6.54 Å². The van der Waals surface area contributed by atoms with Gasteiger partial charge in [-0.2, -0.15) is 0 Å². The first kappa shape index (κ1) is 15.4. The van der Waals surface area contributed by atoms with Crippen molar-refractivity contribution in [3.63, 3.8) is 0 Å². The number of hydrogen-bond acceptors (Lipinski definition) is 3. The first-order chi connectivity index (χ1) is 8.84. The summed E-state index contributed by atoms with van der Waals surface area (Å²) in [7, 11) is 0. The van der Waals surface area contributed by atoms with E-state index in [9.17, 15) is 9.18 Å². The predicted octanol–water partition coefficient (Wildman–Crippen LogP) is 1.84. The molecule has 0 bridgehead atoms. The largest absolute Gasteiger partial charge is 0.486 e. The van der Waals surface area contributed by atoms with Crippen LogP contribution in [0.25, 0.3) is 0 Å². The van der Waals surface area contributed by atoms with Crippen molar-refractivity contribution >= 4 is 5.91 Å². The molecule has 1 aromatic carbocycles. The van der Waals surface area contributed by atoms with E-state index < -0.39 is 11.4 Å². The standard InChI is InChI=1S/C14H21FN2O2/c1-4-10(9-17-13(18)14(2,3)16)19-12-8-6-5-7-11(12)15/h5-8,10H,4,9,16H2,1-3H3,(H,17,18). The summed E-state index contributed by atoms with van der Waals surface area (Å²) < 4.78 is 19.0. The Bertz CT molecular complexity index is 430. The van der Waals surface area contributed by atoms with Gasteiger partial charge in [0.2, 0.25) is 5.91 Å². The van der Waals surface area contributed by atoms with Gasteiger partial charge in [-0.25, -0.2) is 4.39 Å². The Labute approximate surface area is 113 Å². The van der Waals surface area contributed by atoms with Crippen molar-refractivity contribution in [1.82, 2.24) is 5.32 Å². The second-order valence-electron chi connectivity index (χ2n) is 5.01. The van der Waals surface area contributed by atoms with E-state index in [1.165, 1.54) is 6.07 Å². The molecule has 1 aromatic rings. The number of carbonyl (C=O) groups is 1. The summed E-state index contributed by atoms with van der Waals surface area (Å²) in [5.41, 5.74) is 4.74. The highest BCUT2D eigenvalue weighted by Crippen LogP contribution is 2.17. The molecular formula is C14H21FN2O2. The molecule has 0 aromatic heterocycles. The Hall–Kier alpha value is -1.62. The Morgan fingerprint density at radius 3 is 2.63 bits per heavy atom. The van der Waals surface area contributed by atoms with Crippen LogP contribution in [0, 0.1) is 5.82 Å². The molecule has 0 aliphatic heterocycles. The van der Waals surface area contributed by atoms with Gasteiger partial charge in [0.25, 0.3) is 0 Å². The fourth-order valence-electron chi connectivity index (χ4n) is 1.42. The first-order valence-corrected chi connectivity index (χ1v) is 6.33. The van der Waals surface area contributed by atoms with E-state index in [0.717, 1.165) is 0 Å². The van der Waals surface area contributed by atoms with Crippen LogP contribution in [0.1, 0.15) is 27.2 Å². The number of rotatable bonds is 6. The molecule has 0 saturated carbocycles. The highest BCUT2D eigenvalue weighted by atomic mass is 19.1. The quantitative estimate of drug-likeness (QED) is 0.827. The Kier molecular flexibility index (Phi) is 5.30. The maximum absolute atomic E-state index is 13.4. The number of ether oxygens (including phenoxy) is 1. The molecule has 0 heterocycles. The average Bonchev–Trinajstić information content (AvgIpc) is 2.35. The SMILES string of the molecule is CCC(CNC(=O)C(C)(C)N)Oc1ccccc1F. The first-order valence-electron chi connectivity index (χ1n) is 6.33. The average molecular weight is 268 g/mol. The van der Waals surface area contributed by atoms with E-state index >= 15 is 0 Å². The minimum atomic E-state index is -0.934. The van der Waals surface area contributed by atoms with Crippen molar-refractivity contribution in [2.24, 2.45) is 5.73 Å². The van der Waals surface area contributed by atoms with Crippen molar-refractivity contribution in [3.05, 3.63) is 30.1 Å². The number of para-hydroxylation sites is 1. The van der Waals surface area contributed by atoms with Gasteiger partial charge in [-0.3, -0.25) is 4.79 Å². The van der Waals surface area contributed by atoms with Crippen LogP contribution in [-0.2, 0) is 4.79 Å². The molecular weight excluding hydrogens is 247 g/mol. The van der Waals surface area contributed by atoms with Crippen LogP contribution in [0.2, 0.25) is 0 Å². The molecule has 0 aliphatic carbocycles. The number of carbonyl (C=O) groups excluding carboxylic acids is 1. The third kappa shape index (κ3) is 4.87. The Morgan fingerprint density at radius 2 is 2.11 bits per heavy atom. The normalized spacial score (nSPS) is 12.9. The number of hydrogen-bond donors (Lipinski definition) is 2. The molecule has 0 spiro atoms. The van der Waals surface area contributed by atoms with Crippen LogP contribution < -0.4 is 15.8 Å². The molecule has 1 rings (SSSR count). The van der Waals surface area contributed by atoms with E-state index in [0.29, 0.717) is 13.0 Å². The molecule has 106 valence electrons. The molecule has 0 fully saturated rings. The molecule has 0 aliphatic rings. The van der Waals surface area contributed by atoms with Crippen molar-refractivity contribution in [1.29, 1.82) is 0 Å². The number of amides is 1.